The van der Waals surface area contributed by atoms with Gasteiger partial charge in [0.05, 0.1) is 5.69 Å². The van der Waals surface area contributed by atoms with Crippen LogP contribution in [-0.2, 0) is 11.4 Å². The van der Waals surface area contributed by atoms with E-state index in [0.29, 0.717) is 35.3 Å². The zero-order chi connectivity index (χ0) is 23.9. The Kier molecular flexibility index (Phi) is 5.18. The van der Waals surface area contributed by atoms with Gasteiger partial charge in [-0.15, -0.1) is 15.3 Å². The van der Waals surface area contributed by atoms with Crippen LogP contribution in [-0.4, -0.2) is 35.5 Å². The first-order valence-corrected chi connectivity index (χ1v) is 11.5. The monoisotopic (exact) mass is 485 g/mol. The van der Waals surface area contributed by atoms with Gasteiger partial charge in [-0.2, -0.15) is 14.3 Å². The second-order valence-corrected chi connectivity index (χ2v) is 8.82. The van der Waals surface area contributed by atoms with Crippen LogP contribution in [0.25, 0.3) is 11.5 Å². The van der Waals surface area contributed by atoms with Gasteiger partial charge in [-0.05, 0) is 54.4 Å². The zero-order valence-corrected chi connectivity index (χ0v) is 19.5. The Morgan fingerprint density at radius 2 is 2.00 bits per heavy atom. The number of halogens is 1. The Morgan fingerprint density at radius 1 is 1.11 bits per heavy atom. The van der Waals surface area contributed by atoms with Crippen molar-refractivity contribution in [2.24, 2.45) is 0 Å². The first-order chi connectivity index (χ1) is 17.0. The summed E-state index contributed by atoms with van der Waals surface area (Å²) in [4.78, 5) is 12.8. The second kappa shape index (κ2) is 8.52. The van der Waals surface area contributed by atoms with Gasteiger partial charge < -0.3 is 10.1 Å². The van der Waals surface area contributed by atoms with Gasteiger partial charge in [0, 0.05) is 22.9 Å². The predicted molar refractivity (Wildman–Crippen MR) is 130 cm³/mol. The van der Waals surface area contributed by atoms with E-state index in [1.165, 1.54) is 6.33 Å². The van der Waals surface area contributed by atoms with Crippen molar-refractivity contribution in [2.45, 2.75) is 25.9 Å². The Labute approximate surface area is 205 Å². The van der Waals surface area contributed by atoms with Gasteiger partial charge in [-0.25, -0.2) is 0 Å². The zero-order valence-electron chi connectivity index (χ0n) is 18.7. The van der Waals surface area contributed by atoms with E-state index in [-0.39, 0.29) is 11.8 Å². The molecule has 0 spiro atoms. The number of hydrogen-bond donors (Lipinski definition) is 1. The number of carbonyl (C=O) groups is 1. The molecule has 0 radical (unpaired) electrons. The van der Waals surface area contributed by atoms with Crippen molar-refractivity contribution in [3.8, 4) is 11.6 Å². The number of fused-ring (bicyclic) bond motifs is 2. The third-order valence-corrected chi connectivity index (χ3v) is 6.26. The third-order valence-electron chi connectivity index (χ3n) is 6.02. The van der Waals surface area contributed by atoms with Crippen LogP contribution in [0.15, 0.2) is 67.0 Å². The number of rotatable bonds is 5. The molecule has 10 heteroatoms. The highest BCUT2D eigenvalue weighted by Gasteiger charge is 2.33. The Bertz CT molecular complexity index is 1580. The smallest absolute Gasteiger partial charge is 0.226 e. The van der Waals surface area contributed by atoms with E-state index in [1.807, 2.05) is 61.5 Å². The number of nitrogens with one attached hydrogen (secondary N) is 1. The molecular formula is C25H20ClN7O2. The summed E-state index contributed by atoms with van der Waals surface area (Å²) in [7, 11) is 0. The van der Waals surface area contributed by atoms with Gasteiger partial charge in [0.15, 0.2) is 11.5 Å². The molecule has 0 fully saturated rings. The summed E-state index contributed by atoms with van der Waals surface area (Å²) in [5.74, 6) is 1.65. The molecule has 0 bridgehead atoms. The van der Waals surface area contributed by atoms with E-state index in [0.717, 1.165) is 28.1 Å². The van der Waals surface area contributed by atoms with E-state index in [2.05, 4.69) is 20.6 Å². The Hall–Kier alpha value is -4.24. The molecule has 0 unspecified atom stereocenters. The lowest BCUT2D eigenvalue weighted by molar-refractivity contribution is -0.116. The van der Waals surface area contributed by atoms with Gasteiger partial charge in [0.2, 0.25) is 5.91 Å². The molecule has 0 aliphatic carbocycles. The molecule has 0 saturated heterocycles. The highest BCUT2D eigenvalue weighted by atomic mass is 35.5. The lowest BCUT2D eigenvalue weighted by Gasteiger charge is -2.24. The molecule has 1 atom stereocenters. The average Bonchev–Trinajstić information content (AvgIpc) is 3.46. The third kappa shape index (κ3) is 4.00. The van der Waals surface area contributed by atoms with Crippen molar-refractivity contribution >= 4 is 29.0 Å². The van der Waals surface area contributed by atoms with Crippen LogP contribution in [0.3, 0.4) is 0 Å². The normalized spacial score (nSPS) is 15.1. The molecule has 5 aromatic rings. The summed E-state index contributed by atoms with van der Waals surface area (Å²) < 4.78 is 9.26. The van der Waals surface area contributed by atoms with Gasteiger partial charge in [0.1, 0.15) is 24.5 Å². The molecule has 35 heavy (non-hydrogen) atoms. The largest absolute Gasteiger partial charge is 0.489 e. The number of aromatic nitrogens is 6. The summed E-state index contributed by atoms with van der Waals surface area (Å²) in [5.41, 5.74) is 4.37. The van der Waals surface area contributed by atoms with E-state index >= 15 is 0 Å². The van der Waals surface area contributed by atoms with E-state index in [4.69, 9.17) is 21.4 Å². The molecule has 6 rings (SSSR count). The van der Waals surface area contributed by atoms with Crippen molar-refractivity contribution in [3.63, 3.8) is 0 Å². The quantitative estimate of drug-likeness (QED) is 0.398. The molecular weight excluding hydrogens is 466 g/mol. The van der Waals surface area contributed by atoms with Gasteiger partial charge >= 0.3 is 0 Å². The SMILES string of the molecule is Cc1nn(-c2ccc3nncn3n2)c2c1[C@H](c1cccc(OCc3cccc(Cl)c3)c1)CC(=O)N2. The number of anilines is 1. The Balaban J connectivity index is 1.34. The number of nitrogens with zero attached hydrogens (tertiary/aromatic N) is 6. The van der Waals surface area contributed by atoms with E-state index < -0.39 is 0 Å². The Morgan fingerprint density at radius 3 is 2.89 bits per heavy atom. The maximum atomic E-state index is 12.8. The summed E-state index contributed by atoms with van der Waals surface area (Å²) in [6, 6.07) is 19.0. The summed E-state index contributed by atoms with van der Waals surface area (Å²) in [6.07, 6.45) is 1.84. The molecule has 0 saturated carbocycles. The fourth-order valence-electron chi connectivity index (χ4n) is 4.44. The topological polar surface area (TPSA) is 99.2 Å². The number of carbonyl (C=O) groups excluding carboxylic acids is 1. The van der Waals surface area contributed by atoms with Gasteiger partial charge in [0.25, 0.3) is 0 Å². The minimum atomic E-state index is -0.166. The van der Waals surface area contributed by atoms with Crippen molar-refractivity contribution in [1.29, 1.82) is 0 Å². The highest BCUT2D eigenvalue weighted by Crippen LogP contribution is 2.40. The van der Waals surface area contributed by atoms with Crippen molar-refractivity contribution in [3.05, 3.63) is 94.4 Å². The van der Waals surface area contributed by atoms with E-state index in [1.54, 1.807) is 15.3 Å². The number of ether oxygens (including phenoxy) is 1. The summed E-state index contributed by atoms with van der Waals surface area (Å²) in [5, 5.41) is 20.8. The van der Waals surface area contributed by atoms with Crippen molar-refractivity contribution < 1.29 is 9.53 Å². The number of benzene rings is 2. The lowest BCUT2D eigenvalue weighted by Crippen LogP contribution is -2.25. The highest BCUT2D eigenvalue weighted by molar-refractivity contribution is 6.30. The minimum Gasteiger partial charge on any atom is -0.489 e. The van der Waals surface area contributed by atoms with Crippen LogP contribution in [0.1, 0.15) is 34.7 Å². The van der Waals surface area contributed by atoms with Crippen LogP contribution in [0.5, 0.6) is 5.75 Å². The van der Waals surface area contributed by atoms with Gasteiger partial charge in [-0.1, -0.05) is 35.9 Å². The minimum absolute atomic E-state index is 0.0840. The van der Waals surface area contributed by atoms with Crippen LogP contribution in [0.2, 0.25) is 5.02 Å². The standard InChI is InChI=1S/C25H20ClN7O2/c1-15-24-20(17-5-3-7-19(11-17)35-13-16-4-2-6-18(26)10-16)12-23(34)28-25(24)33(30-15)22-9-8-21-29-27-14-32(21)31-22/h2-11,14,20H,12-13H2,1H3,(H,28,34)/t20-/m0/s1. The maximum Gasteiger partial charge on any atom is 0.226 e. The number of amides is 1. The molecule has 1 aliphatic rings. The summed E-state index contributed by atoms with van der Waals surface area (Å²) in [6.45, 7) is 2.34. The molecule has 1 amide bonds. The average molecular weight is 486 g/mol. The van der Waals surface area contributed by atoms with Crippen LogP contribution < -0.4 is 10.1 Å². The molecule has 174 valence electrons. The number of aryl methyl sites for hydroxylation is 1. The maximum absolute atomic E-state index is 12.8. The summed E-state index contributed by atoms with van der Waals surface area (Å²) >= 11 is 6.09. The van der Waals surface area contributed by atoms with Gasteiger partial charge in [-0.3, -0.25) is 4.79 Å². The van der Waals surface area contributed by atoms with E-state index in [9.17, 15) is 4.79 Å². The van der Waals surface area contributed by atoms with Crippen molar-refractivity contribution in [1.82, 2.24) is 29.6 Å². The molecule has 4 heterocycles. The fraction of sp³-hybridized carbons (Fsp3) is 0.160. The predicted octanol–water partition coefficient (Wildman–Crippen LogP) is 4.32. The van der Waals surface area contributed by atoms with Crippen molar-refractivity contribution in [2.75, 3.05) is 5.32 Å². The second-order valence-electron chi connectivity index (χ2n) is 8.38. The first kappa shape index (κ1) is 21.3. The number of hydrogen-bond acceptors (Lipinski definition) is 6. The molecule has 1 aliphatic heterocycles. The van der Waals surface area contributed by atoms with Crippen LogP contribution >= 0.6 is 11.6 Å². The van der Waals surface area contributed by atoms with Crippen LogP contribution in [0, 0.1) is 6.92 Å². The molecule has 3 aromatic heterocycles. The fourth-order valence-corrected chi connectivity index (χ4v) is 4.66. The molecule has 1 N–H and O–H groups in total. The van der Waals surface area contributed by atoms with Crippen LogP contribution in [0.4, 0.5) is 5.82 Å². The lowest BCUT2D eigenvalue weighted by atomic mass is 9.86. The molecule has 9 nitrogen and oxygen atoms in total. The molecule has 2 aromatic carbocycles. The first-order valence-electron chi connectivity index (χ1n) is 11.1.